The first-order chi connectivity index (χ1) is 22.9. The van der Waals surface area contributed by atoms with Gasteiger partial charge in [0.2, 0.25) is 0 Å². The summed E-state index contributed by atoms with van der Waals surface area (Å²) < 4.78 is 48.2. The zero-order valence-electron chi connectivity index (χ0n) is 25.3. The zero-order valence-corrected chi connectivity index (χ0v) is 26.0. The third kappa shape index (κ3) is 6.40. The van der Waals surface area contributed by atoms with Crippen LogP contribution in [0.3, 0.4) is 0 Å². The molecule has 6 rings (SSSR count). The van der Waals surface area contributed by atoms with E-state index in [1.54, 1.807) is 4.90 Å². The lowest BCUT2D eigenvalue weighted by Gasteiger charge is -2.25. The predicted octanol–water partition coefficient (Wildman–Crippen LogP) is 1.72. The van der Waals surface area contributed by atoms with Crippen LogP contribution < -0.4 is 21.3 Å². The minimum atomic E-state index is -4.77. The second-order valence-electron chi connectivity index (χ2n) is 11.7. The molecule has 1 aromatic carbocycles. The van der Waals surface area contributed by atoms with E-state index in [0.29, 0.717) is 32.7 Å². The number of carbonyl (C=O) groups is 4. The van der Waals surface area contributed by atoms with Gasteiger partial charge >= 0.3 is 12.2 Å². The minimum absolute atomic E-state index is 0.00154. The summed E-state index contributed by atoms with van der Waals surface area (Å²) in [4.78, 5) is 55.2. The average molecular weight is 688 g/mol. The van der Waals surface area contributed by atoms with Crippen molar-refractivity contribution in [2.75, 3.05) is 31.5 Å². The van der Waals surface area contributed by atoms with Crippen LogP contribution in [-0.2, 0) is 29.3 Å². The van der Waals surface area contributed by atoms with Gasteiger partial charge in [0.05, 0.1) is 34.1 Å². The van der Waals surface area contributed by atoms with Crippen molar-refractivity contribution in [1.82, 2.24) is 40.2 Å². The molecule has 4 heterocycles. The first kappa shape index (κ1) is 32.8. The fourth-order valence-corrected chi connectivity index (χ4v) is 6.49. The summed E-state index contributed by atoms with van der Waals surface area (Å²) in [5.74, 6) is 1.08. The lowest BCUT2D eigenvalue weighted by molar-refractivity contribution is -0.141. The molecule has 4 amide bonds. The molecule has 3 aromatic rings. The van der Waals surface area contributed by atoms with Gasteiger partial charge in [-0.3, -0.25) is 19.1 Å². The fraction of sp³-hybridized carbons (Fsp3) is 0.400. The number of nitrogens with zero attached hydrogens (tertiary/aromatic N) is 5. The fourth-order valence-electron chi connectivity index (χ4n) is 6.23. The van der Waals surface area contributed by atoms with Gasteiger partial charge in [0.1, 0.15) is 12.6 Å². The highest BCUT2D eigenvalue weighted by Gasteiger charge is 2.57. The van der Waals surface area contributed by atoms with Crippen molar-refractivity contribution in [3.63, 3.8) is 0 Å². The van der Waals surface area contributed by atoms with Gasteiger partial charge in [-0.1, -0.05) is 17.5 Å². The molecular weight excluding hydrogens is 659 g/mol. The summed E-state index contributed by atoms with van der Waals surface area (Å²) in [6.45, 7) is 2.05. The summed E-state index contributed by atoms with van der Waals surface area (Å²) in [6, 6.07) is 3.57. The number of piperidine rings is 1. The first-order valence-corrected chi connectivity index (χ1v) is 15.1. The van der Waals surface area contributed by atoms with E-state index in [2.05, 4.69) is 37.3 Å². The standard InChI is InChI=1S/C30H29ClF3N9O5/c1-3-6-43-13-19(25(40-43)30(32,33)34)22-9-36-26(41(22)2)28(46)37-15-4-5-16(20(31)7-15)27(45)39-24-17-11-42(12-18(17)24)29(47)38-21-8-35-10-23(21)48-14-44/h1,4-5,7,9,13-14,17-18,21,23-24,35H,6,8,10-12H2,2H3,(H,37,46)(H,38,47)(H,39,45)/t17-,18+,21-,23-,24-/m1/s1. The third-order valence-electron chi connectivity index (χ3n) is 8.70. The van der Waals surface area contributed by atoms with Gasteiger partial charge in [0.15, 0.2) is 11.5 Å². The van der Waals surface area contributed by atoms with Crippen molar-refractivity contribution in [3.8, 4) is 23.6 Å². The van der Waals surface area contributed by atoms with Crippen LogP contribution in [0.25, 0.3) is 11.3 Å². The van der Waals surface area contributed by atoms with Crippen molar-refractivity contribution >= 4 is 41.6 Å². The van der Waals surface area contributed by atoms with E-state index in [9.17, 15) is 32.3 Å². The van der Waals surface area contributed by atoms with Gasteiger partial charge in [-0.15, -0.1) is 6.42 Å². The van der Waals surface area contributed by atoms with Crippen molar-refractivity contribution in [2.24, 2.45) is 18.9 Å². The number of anilines is 1. The van der Waals surface area contributed by atoms with Crippen LogP contribution >= 0.6 is 11.6 Å². The maximum Gasteiger partial charge on any atom is 0.435 e. The number of amides is 4. The number of terminal acetylenes is 1. The molecule has 0 bridgehead atoms. The normalized spacial score (nSPS) is 22.8. The number of urea groups is 1. The molecule has 4 N–H and O–H groups in total. The molecule has 2 aliphatic heterocycles. The number of carbonyl (C=O) groups excluding carboxylic acids is 4. The van der Waals surface area contributed by atoms with Gasteiger partial charge in [-0.05, 0) is 18.2 Å². The van der Waals surface area contributed by atoms with Crippen molar-refractivity contribution in [3.05, 3.63) is 52.7 Å². The average Bonchev–Trinajstić information content (AvgIpc) is 3.60. The monoisotopic (exact) mass is 687 g/mol. The van der Waals surface area contributed by atoms with Crippen LogP contribution in [0.15, 0.2) is 30.6 Å². The molecule has 48 heavy (non-hydrogen) atoms. The Bertz CT molecular complexity index is 1810. The first-order valence-electron chi connectivity index (χ1n) is 14.8. The molecule has 2 saturated heterocycles. The number of benzene rings is 1. The van der Waals surface area contributed by atoms with Gasteiger partial charge in [0, 0.05) is 63.0 Å². The van der Waals surface area contributed by atoms with E-state index in [1.807, 2.05) is 0 Å². The Hall–Kier alpha value is -5.08. The third-order valence-corrected chi connectivity index (χ3v) is 9.01. The lowest BCUT2D eigenvalue weighted by atomic mass is 10.2. The van der Waals surface area contributed by atoms with Crippen molar-refractivity contribution in [1.29, 1.82) is 0 Å². The quantitative estimate of drug-likeness (QED) is 0.195. The SMILES string of the molecule is C#CCn1cc(-c2cnc(C(=O)Nc3ccc(C(=O)N[C@@H]4[C@@H]5CN(C(=O)N[C@@H]6CNC[C@H]6OC=O)C[C@@H]54)c(Cl)c3)n2C)c(C(F)(F)F)n1. The number of hydrogen-bond donors (Lipinski definition) is 4. The van der Waals surface area contributed by atoms with Gasteiger partial charge in [0.25, 0.3) is 18.3 Å². The maximum absolute atomic E-state index is 13.7. The number of ether oxygens (including phenoxy) is 1. The van der Waals surface area contributed by atoms with Crippen LogP contribution in [-0.4, -0.2) is 92.9 Å². The molecule has 1 aliphatic carbocycles. The summed E-state index contributed by atoms with van der Waals surface area (Å²) in [5.41, 5.74) is -1.05. The van der Waals surface area contributed by atoms with Crippen LogP contribution in [0.4, 0.5) is 23.7 Å². The number of rotatable bonds is 9. The number of aromatic nitrogens is 4. The van der Waals surface area contributed by atoms with Crippen LogP contribution in [0.2, 0.25) is 5.02 Å². The number of likely N-dealkylation sites (tertiary alicyclic amines) is 1. The Balaban J connectivity index is 1.04. The second-order valence-corrected chi connectivity index (χ2v) is 12.1. The highest BCUT2D eigenvalue weighted by molar-refractivity contribution is 6.34. The van der Waals surface area contributed by atoms with E-state index in [-0.39, 0.29) is 69.9 Å². The van der Waals surface area contributed by atoms with Crippen LogP contribution in [0.5, 0.6) is 0 Å². The second kappa shape index (κ2) is 12.8. The molecule has 1 saturated carbocycles. The van der Waals surface area contributed by atoms with Crippen molar-refractivity contribution in [2.45, 2.75) is 30.9 Å². The minimum Gasteiger partial charge on any atom is -0.461 e. The van der Waals surface area contributed by atoms with E-state index in [1.165, 1.54) is 29.8 Å². The highest BCUT2D eigenvalue weighted by atomic mass is 35.5. The van der Waals surface area contributed by atoms with E-state index >= 15 is 0 Å². The Kier molecular flexibility index (Phi) is 8.79. The molecule has 14 nitrogen and oxygen atoms in total. The molecule has 18 heteroatoms. The molecule has 3 aliphatic rings. The predicted molar refractivity (Wildman–Crippen MR) is 164 cm³/mol. The summed E-state index contributed by atoms with van der Waals surface area (Å²) in [6.07, 6.45) is 2.29. The molecule has 0 spiro atoms. The smallest absolute Gasteiger partial charge is 0.435 e. The highest BCUT2D eigenvalue weighted by Crippen LogP contribution is 2.45. The van der Waals surface area contributed by atoms with Gasteiger partial charge in [-0.2, -0.15) is 18.3 Å². The number of imidazole rings is 1. The lowest BCUT2D eigenvalue weighted by Crippen LogP contribution is -2.50. The van der Waals surface area contributed by atoms with Gasteiger partial charge < -0.3 is 35.5 Å². The number of halogens is 4. The van der Waals surface area contributed by atoms with Gasteiger partial charge in [-0.25, -0.2) is 9.78 Å². The van der Waals surface area contributed by atoms with Crippen molar-refractivity contribution < 1.29 is 37.1 Å². The number of nitrogens with one attached hydrogen (secondary N) is 4. The number of alkyl halides is 3. The Morgan fingerprint density at radius 1 is 1.19 bits per heavy atom. The van der Waals surface area contributed by atoms with Crippen LogP contribution in [0, 0.1) is 24.2 Å². The molecule has 0 unspecified atom stereocenters. The molecule has 252 valence electrons. The largest absolute Gasteiger partial charge is 0.461 e. The Morgan fingerprint density at radius 2 is 1.94 bits per heavy atom. The maximum atomic E-state index is 13.7. The number of hydrogen-bond acceptors (Lipinski definition) is 8. The van der Waals surface area contributed by atoms with E-state index in [4.69, 9.17) is 22.8 Å². The Labute approximate surface area is 276 Å². The summed E-state index contributed by atoms with van der Waals surface area (Å²) in [5, 5.41) is 15.1. The summed E-state index contributed by atoms with van der Waals surface area (Å²) >= 11 is 6.40. The number of fused-ring (bicyclic) bond motifs is 1. The topological polar surface area (TPSA) is 165 Å². The molecular formula is C30H29ClF3N9O5. The molecule has 3 fully saturated rings. The van der Waals surface area contributed by atoms with Crippen LogP contribution in [0.1, 0.15) is 26.7 Å². The molecule has 2 aromatic heterocycles. The Morgan fingerprint density at radius 3 is 2.60 bits per heavy atom. The summed E-state index contributed by atoms with van der Waals surface area (Å²) in [7, 11) is 1.39. The zero-order chi connectivity index (χ0) is 34.3. The molecule has 5 atom stereocenters. The van der Waals surface area contributed by atoms with E-state index in [0.717, 1.165) is 17.1 Å². The molecule has 0 radical (unpaired) electrons. The van der Waals surface area contributed by atoms with E-state index < -0.39 is 29.8 Å².